The molecule has 3 fully saturated rings. The molecule has 2 heterocycles. The first-order chi connectivity index (χ1) is 11.4. The number of halogens is 3. The van der Waals surface area contributed by atoms with Crippen LogP contribution in [0.5, 0.6) is 0 Å². The monoisotopic (exact) mass is 350 g/mol. The largest absolute Gasteiger partial charge is 0.468 e. The van der Waals surface area contributed by atoms with E-state index in [2.05, 4.69) is 15.4 Å². The Labute approximate surface area is 141 Å². The van der Waals surface area contributed by atoms with E-state index in [1.807, 2.05) is 0 Å². The van der Waals surface area contributed by atoms with Crippen LogP contribution in [0.4, 0.5) is 13.2 Å². The van der Waals surface area contributed by atoms with E-state index >= 15 is 0 Å². The summed E-state index contributed by atoms with van der Waals surface area (Å²) >= 11 is 0. The van der Waals surface area contributed by atoms with E-state index < -0.39 is 11.6 Å². The van der Waals surface area contributed by atoms with E-state index in [1.165, 1.54) is 7.11 Å². The van der Waals surface area contributed by atoms with Crippen LogP contribution >= 0.6 is 0 Å². The van der Waals surface area contributed by atoms with E-state index in [9.17, 15) is 18.0 Å². The number of carbonyl (C=O) groups excluding carboxylic acids is 1. The standard InChI is InChI=1S/C11H18F3N.C6H11NO2/c12-11(13,14)10(4-2-5-10)7-9-3-1-6-15-8-9;1-9-6(8)5-3-2-4-7-5/h9,15H,1-8H2;5,7H,2-4H2,1H3. The Balaban J connectivity index is 0.000000198. The van der Waals surface area contributed by atoms with Gasteiger partial charge in [-0.15, -0.1) is 0 Å². The van der Waals surface area contributed by atoms with Crippen molar-refractivity contribution in [2.24, 2.45) is 11.3 Å². The highest BCUT2D eigenvalue weighted by atomic mass is 19.4. The predicted molar refractivity (Wildman–Crippen MR) is 85.6 cm³/mol. The van der Waals surface area contributed by atoms with Crippen LogP contribution < -0.4 is 10.6 Å². The lowest BCUT2D eigenvalue weighted by molar-refractivity contribution is -0.257. The fraction of sp³-hybridized carbons (Fsp3) is 0.941. The lowest BCUT2D eigenvalue weighted by Crippen LogP contribution is -2.47. The Morgan fingerprint density at radius 1 is 1.17 bits per heavy atom. The van der Waals surface area contributed by atoms with Gasteiger partial charge in [-0.1, -0.05) is 6.42 Å². The lowest BCUT2D eigenvalue weighted by atomic mass is 9.63. The topological polar surface area (TPSA) is 50.4 Å². The van der Waals surface area contributed by atoms with Crippen molar-refractivity contribution in [3.8, 4) is 0 Å². The van der Waals surface area contributed by atoms with Crippen molar-refractivity contribution in [1.29, 1.82) is 0 Å². The lowest BCUT2D eigenvalue weighted by Gasteiger charge is -2.45. The molecule has 1 saturated carbocycles. The van der Waals surface area contributed by atoms with Gasteiger partial charge in [0, 0.05) is 0 Å². The van der Waals surface area contributed by atoms with Crippen LogP contribution in [0.25, 0.3) is 0 Å². The number of alkyl halides is 3. The first kappa shape index (κ1) is 19.5. The number of esters is 1. The highest BCUT2D eigenvalue weighted by Gasteiger charge is 2.58. The molecule has 0 bridgehead atoms. The van der Waals surface area contributed by atoms with Crippen molar-refractivity contribution >= 4 is 5.97 Å². The van der Waals surface area contributed by atoms with Crippen LogP contribution in [0.2, 0.25) is 0 Å². The van der Waals surface area contributed by atoms with Gasteiger partial charge >= 0.3 is 12.1 Å². The van der Waals surface area contributed by atoms with Crippen molar-refractivity contribution < 1.29 is 22.7 Å². The molecule has 3 rings (SSSR count). The molecule has 2 N–H and O–H groups in total. The Bertz CT molecular complexity index is 399. The van der Waals surface area contributed by atoms with E-state index in [0.717, 1.165) is 51.7 Å². The van der Waals surface area contributed by atoms with E-state index in [-0.39, 0.29) is 17.9 Å². The number of ether oxygens (including phenoxy) is 1. The van der Waals surface area contributed by atoms with Crippen LogP contribution in [0.15, 0.2) is 0 Å². The van der Waals surface area contributed by atoms with Crippen molar-refractivity contribution in [2.75, 3.05) is 26.7 Å². The molecule has 2 unspecified atom stereocenters. The van der Waals surface area contributed by atoms with E-state index in [0.29, 0.717) is 19.3 Å². The number of carbonyl (C=O) groups is 1. The van der Waals surface area contributed by atoms with Crippen LogP contribution in [-0.4, -0.2) is 44.9 Å². The molecule has 24 heavy (non-hydrogen) atoms. The average Bonchev–Trinajstić information content (AvgIpc) is 3.05. The second-order valence-electron chi connectivity index (χ2n) is 7.22. The second kappa shape index (κ2) is 8.52. The molecule has 3 aliphatic rings. The van der Waals surface area contributed by atoms with Gasteiger partial charge in [-0.3, -0.25) is 4.79 Å². The summed E-state index contributed by atoms with van der Waals surface area (Å²) in [6.07, 6.45) is 1.82. The van der Waals surface area contributed by atoms with Gasteiger partial charge in [-0.25, -0.2) is 0 Å². The maximum Gasteiger partial charge on any atom is 0.394 e. The van der Waals surface area contributed by atoms with Crippen LogP contribution in [0, 0.1) is 11.3 Å². The van der Waals surface area contributed by atoms with Gasteiger partial charge in [0.2, 0.25) is 0 Å². The molecule has 4 nitrogen and oxygen atoms in total. The SMILES string of the molecule is COC(=O)C1CCCN1.FC(F)(F)C1(CC2CCCNC2)CCC1. The smallest absolute Gasteiger partial charge is 0.394 e. The summed E-state index contributed by atoms with van der Waals surface area (Å²) in [5.41, 5.74) is -1.32. The molecule has 2 aliphatic heterocycles. The normalized spacial score (nSPS) is 29.2. The predicted octanol–water partition coefficient (Wildman–Crippen LogP) is 3.02. The third-order valence-corrected chi connectivity index (χ3v) is 5.54. The minimum Gasteiger partial charge on any atom is -0.468 e. The van der Waals surface area contributed by atoms with E-state index in [1.54, 1.807) is 0 Å². The minimum absolute atomic E-state index is 0.0324. The van der Waals surface area contributed by atoms with Gasteiger partial charge < -0.3 is 15.4 Å². The summed E-state index contributed by atoms with van der Waals surface area (Å²) < 4.78 is 43.2. The fourth-order valence-corrected chi connectivity index (χ4v) is 3.89. The van der Waals surface area contributed by atoms with Crippen LogP contribution in [0.1, 0.15) is 51.4 Å². The number of hydrogen-bond acceptors (Lipinski definition) is 4. The van der Waals surface area contributed by atoms with Crippen molar-refractivity contribution in [3.05, 3.63) is 0 Å². The summed E-state index contributed by atoms with van der Waals surface area (Å²) in [7, 11) is 1.42. The summed E-state index contributed by atoms with van der Waals surface area (Å²) in [5.74, 6) is 0.105. The van der Waals surface area contributed by atoms with Gasteiger partial charge in [0.1, 0.15) is 6.04 Å². The first-order valence-electron chi connectivity index (χ1n) is 8.97. The first-order valence-corrected chi connectivity index (χ1v) is 8.97. The molecule has 0 aromatic heterocycles. The number of piperidine rings is 1. The second-order valence-corrected chi connectivity index (χ2v) is 7.22. The summed E-state index contributed by atoms with van der Waals surface area (Å²) in [6.45, 7) is 2.69. The Morgan fingerprint density at radius 2 is 1.88 bits per heavy atom. The van der Waals surface area contributed by atoms with E-state index in [4.69, 9.17) is 0 Å². The highest BCUT2D eigenvalue weighted by molar-refractivity contribution is 5.75. The molecule has 0 radical (unpaired) electrons. The van der Waals surface area contributed by atoms with Crippen molar-refractivity contribution in [3.63, 3.8) is 0 Å². The summed E-state index contributed by atoms with van der Waals surface area (Å²) in [6, 6.07) is -0.0324. The zero-order valence-electron chi connectivity index (χ0n) is 14.4. The maximum absolute atomic E-state index is 12.9. The molecule has 2 atom stereocenters. The van der Waals surface area contributed by atoms with Gasteiger partial charge in [0.05, 0.1) is 12.5 Å². The zero-order chi connectivity index (χ0) is 17.6. The molecule has 0 amide bonds. The number of nitrogens with one attached hydrogen (secondary N) is 2. The average molecular weight is 350 g/mol. The van der Waals surface area contributed by atoms with Gasteiger partial charge in [0.25, 0.3) is 0 Å². The van der Waals surface area contributed by atoms with Gasteiger partial charge in [0.15, 0.2) is 0 Å². The van der Waals surface area contributed by atoms with Gasteiger partial charge in [-0.2, -0.15) is 13.2 Å². The van der Waals surface area contributed by atoms with Crippen molar-refractivity contribution in [2.45, 2.75) is 63.6 Å². The maximum atomic E-state index is 12.9. The fourth-order valence-electron chi connectivity index (χ4n) is 3.89. The molecule has 0 aromatic rings. The number of methoxy groups -OCH3 is 1. The van der Waals surface area contributed by atoms with Crippen molar-refractivity contribution in [1.82, 2.24) is 10.6 Å². The molecule has 140 valence electrons. The third kappa shape index (κ3) is 4.85. The molecule has 0 aromatic carbocycles. The molecule has 1 aliphatic carbocycles. The molecule has 2 saturated heterocycles. The van der Waals surface area contributed by atoms with Crippen LogP contribution in [-0.2, 0) is 9.53 Å². The Morgan fingerprint density at radius 3 is 2.29 bits per heavy atom. The molecular formula is C17H29F3N2O2. The Hall–Kier alpha value is -0.820. The number of rotatable bonds is 3. The number of hydrogen-bond donors (Lipinski definition) is 2. The van der Waals surface area contributed by atoms with Crippen LogP contribution in [0.3, 0.4) is 0 Å². The third-order valence-electron chi connectivity index (χ3n) is 5.54. The Kier molecular flexibility index (Phi) is 6.92. The molecule has 7 heteroatoms. The minimum atomic E-state index is -3.98. The molecular weight excluding hydrogens is 321 g/mol. The summed E-state index contributed by atoms with van der Waals surface area (Å²) in [5, 5.41) is 6.22. The summed E-state index contributed by atoms with van der Waals surface area (Å²) in [4.78, 5) is 10.7. The highest BCUT2D eigenvalue weighted by Crippen LogP contribution is 2.56. The zero-order valence-corrected chi connectivity index (χ0v) is 14.4. The van der Waals surface area contributed by atoms with Gasteiger partial charge in [-0.05, 0) is 70.5 Å². The quantitative estimate of drug-likeness (QED) is 0.768. The molecule has 0 spiro atoms.